The molecule has 4 nitrogen and oxygen atoms in total. The molecule has 0 bridgehead atoms. The van der Waals surface area contributed by atoms with Gasteiger partial charge in [0.05, 0.1) is 6.61 Å². The van der Waals surface area contributed by atoms with Crippen LogP contribution in [0.1, 0.15) is 44.2 Å². The summed E-state index contributed by atoms with van der Waals surface area (Å²) in [6.07, 6.45) is -3.23. The average molecular weight is 339 g/mol. The Morgan fingerprint density at radius 1 is 1.25 bits per heavy atom. The normalized spacial score (nSPS) is 11.6. The van der Waals surface area contributed by atoms with Gasteiger partial charge in [-0.1, -0.05) is 32.9 Å². The van der Waals surface area contributed by atoms with E-state index in [-0.39, 0.29) is 12.6 Å². The lowest BCUT2D eigenvalue weighted by Crippen LogP contribution is -2.12. The van der Waals surface area contributed by atoms with Crippen molar-refractivity contribution in [3.8, 4) is 5.88 Å². The molecule has 0 aliphatic carbocycles. The van der Waals surface area contributed by atoms with Crippen LogP contribution >= 0.6 is 0 Å². The molecule has 130 valence electrons. The smallest absolute Gasteiger partial charge is 0.423 e. The fraction of sp³-hybridized carbons (Fsp3) is 0.412. The molecule has 0 spiro atoms. The molecule has 1 aromatic heterocycles. The number of hydrogen-bond donors (Lipinski definition) is 1. The van der Waals surface area contributed by atoms with E-state index < -0.39 is 17.6 Å². The van der Waals surface area contributed by atoms with E-state index in [2.05, 4.69) is 29.1 Å². The highest BCUT2D eigenvalue weighted by Crippen LogP contribution is 2.35. The summed E-state index contributed by atoms with van der Waals surface area (Å²) in [5.74, 6) is -0.0550. The van der Waals surface area contributed by atoms with Crippen LogP contribution < -0.4 is 10.1 Å². The molecule has 0 aliphatic heterocycles. The number of benzene rings is 1. The molecule has 2 rings (SSSR count). The molecule has 0 saturated heterocycles. The largest absolute Gasteiger partial charge is 0.477 e. The Kier molecular flexibility index (Phi) is 5.64. The minimum atomic E-state index is -4.56. The fourth-order valence-corrected chi connectivity index (χ4v) is 2.03. The molecule has 0 unspecified atom stereocenters. The van der Waals surface area contributed by atoms with Crippen LogP contribution in [-0.2, 0) is 6.18 Å². The van der Waals surface area contributed by atoms with E-state index in [1.54, 1.807) is 6.07 Å². The summed E-state index contributed by atoms with van der Waals surface area (Å²) in [4.78, 5) is 7.64. The topological polar surface area (TPSA) is 47.0 Å². The van der Waals surface area contributed by atoms with Crippen molar-refractivity contribution in [3.05, 3.63) is 41.6 Å². The van der Waals surface area contributed by atoms with Gasteiger partial charge in [-0.3, -0.25) is 0 Å². The number of hydrogen-bond acceptors (Lipinski definition) is 4. The number of anilines is 2. The van der Waals surface area contributed by atoms with E-state index in [1.807, 2.05) is 25.1 Å². The second-order valence-corrected chi connectivity index (χ2v) is 5.66. The van der Waals surface area contributed by atoms with Gasteiger partial charge in [0.2, 0.25) is 11.8 Å². The number of ether oxygens (including phenoxy) is 1. The summed E-state index contributed by atoms with van der Waals surface area (Å²) in [7, 11) is 0. The molecule has 0 aliphatic rings. The molecule has 2 aromatic rings. The highest BCUT2D eigenvalue weighted by molar-refractivity contribution is 5.55. The van der Waals surface area contributed by atoms with Gasteiger partial charge >= 0.3 is 6.18 Å². The Morgan fingerprint density at radius 2 is 2.00 bits per heavy atom. The molecule has 0 fully saturated rings. The fourth-order valence-electron chi connectivity index (χ4n) is 2.03. The van der Waals surface area contributed by atoms with E-state index >= 15 is 0 Å². The maximum atomic E-state index is 13.0. The molecule has 1 heterocycles. The van der Waals surface area contributed by atoms with Crippen molar-refractivity contribution < 1.29 is 17.9 Å². The van der Waals surface area contributed by atoms with E-state index in [9.17, 15) is 13.2 Å². The van der Waals surface area contributed by atoms with Gasteiger partial charge in [0.1, 0.15) is 5.56 Å². The first-order valence-corrected chi connectivity index (χ1v) is 7.75. The van der Waals surface area contributed by atoms with Crippen LogP contribution in [0.4, 0.5) is 24.8 Å². The van der Waals surface area contributed by atoms with Crippen LogP contribution in [0, 0.1) is 0 Å². The second kappa shape index (κ2) is 7.51. The molecule has 0 saturated carbocycles. The molecular formula is C17H20F3N3O. The Bertz CT molecular complexity index is 687. The van der Waals surface area contributed by atoms with Crippen LogP contribution in [0.25, 0.3) is 0 Å². The second-order valence-electron chi connectivity index (χ2n) is 5.66. The predicted molar refractivity (Wildman–Crippen MR) is 86.6 cm³/mol. The number of halogens is 3. The van der Waals surface area contributed by atoms with Crippen molar-refractivity contribution in [1.82, 2.24) is 9.97 Å². The third-order valence-corrected chi connectivity index (χ3v) is 3.31. The summed E-state index contributed by atoms with van der Waals surface area (Å²) in [6, 6.07) is 7.58. The first kappa shape index (κ1) is 18.0. The first-order chi connectivity index (χ1) is 11.3. The van der Waals surface area contributed by atoms with E-state index in [1.165, 1.54) is 0 Å². The van der Waals surface area contributed by atoms with Crippen molar-refractivity contribution in [2.45, 2.75) is 39.3 Å². The lowest BCUT2D eigenvalue weighted by molar-refractivity contribution is -0.139. The number of rotatable bonds is 6. The van der Waals surface area contributed by atoms with Crippen molar-refractivity contribution in [1.29, 1.82) is 0 Å². The van der Waals surface area contributed by atoms with Gasteiger partial charge in [-0.25, -0.2) is 4.98 Å². The highest BCUT2D eigenvalue weighted by atomic mass is 19.4. The van der Waals surface area contributed by atoms with Crippen LogP contribution in [0.15, 0.2) is 30.5 Å². The molecule has 0 radical (unpaired) electrons. The lowest BCUT2D eigenvalue weighted by Gasteiger charge is -2.14. The molecule has 7 heteroatoms. The molecule has 1 aromatic carbocycles. The number of alkyl halides is 3. The Labute approximate surface area is 139 Å². The zero-order valence-electron chi connectivity index (χ0n) is 13.8. The van der Waals surface area contributed by atoms with Crippen LogP contribution in [0.2, 0.25) is 0 Å². The predicted octanol–water partition coefficient (Wildman–Crippen LogP) is 5.15. The van der Waals surface area contributed by atoms with Crippen molar-refractivity contribution in [2.75, 3.05) is 11.9 Å². The van der Waals surface area contributed by atoms with E-state index in [0.29, 0.717) is 18.0 Å². The third-order valence-electron chi connectivity index (χ3n) is 3.31. The summed E-state index contributed by atoms with van der Waals surface area (Å²) in [5.41, 5.74) is 0.842. The Balaban J connectivity index is 2.29. The van der Waals surface area contributed by atoms with Gasteiger partial charge in [0, 0.05) is 11.9 Å². The van der Waals surface area contributed by atoms with Crippen molar-refractivity contribution in [3.63, 3.8) is 0 Å². The van der Waals surface area contributed by atoms with Crippen LogP contribution in [0.3, 0.4) is 0 Å². The average Bonchev–Trinajstić information content (AvgIpc) is 2.52. The lowest BCUT2D eigenvalue weighted by atomic mass is 10.0. The molecule has 0 amide bonds. The third kappa shape index (κ3) is 4.59. The summed E-state index contributed by atoms with van der Waals surface area (Å²) >= 11 is 0. The van der Waals surface area contributed by atoms with Gasteiger partial charge in [-0.05, 0) is 30.0 Å². The minimum Gasteiger partial charge on any atom is -0.477 e. The zero-order valence-corrected chi connectivity index (χ0v) is 13.8. The van der Waals surface area contributed by atoms with Gasteiger partial charge in [0.15, 0.2) is 0 Å². The maximum Gasteiger partial charge on any atom is 0.423 e. The summed E-state index contributed by atoms with van der Waals surface area (Å²) < 4.78 is 44.1. The van der Waals surface area contributed by atoms with Gasteiger partial charge in [0.25, 0.3) is 0 Å². The SMILES string of the molecule is CCCOc1nc(Nc2cccc(C(C)C)c2)ncc1C(F)(F)F. The van der Waals surface area contributed by atoms with Gasteiger partial charge < -0.3 is 10.1 Å². The number of aromatic nitrogens is 2. The summed E-state index contributed by atoms with van der Waals surface area (Å²) in [5, 5.41) is 2.93. The zero-order chi connectivity index (χ0) is 17.7. The first-order valence-electron chi connectivity index (χ1n) is 7.75. The van der Waals surface area contributed by atoms with Gasteiger partial charge in [-0.2, -0.15) is 18.2 Å². The Hall–Kier alpha value is -2.31. The van der Waals surface area contributed by atoms with Crippen LogP contribution in [-0.4, -0.2) is 16.6 Å². The van der Waals surface area contributed by atoms with Gasteiger partial charge in [-0.15, -0.1) is 0 Å². The minimum absolute atomic E-state index is 0.0648. The van der Waals surface area contributed by atoms with Crippen molar-refractivity contribution >= 4 is 11.6 Å². The maximum absolute atomic E-state index is 13.0. The van der Waals surface area contributed by atoms with Crippen LogP contribution in [0.5, 0.6) is 5.88 Å². The number of nitrogens with zero attached hydrogens (tertiary/aromatic N) is 2. The highest BCUT2D eigenvalue weighted by Gasteiger charge is 2.36. The molecule has 0 atom stereocenters. The quantitative estimate of drug-likeness (QED) is 0.790. The molecular weight excluding hydrogens is 319 g/mol. The molecule has 1 N–H and O–H groups in total. The number of nitrogens with one attached hydrogen (secondary N) is 1. The van der Waals surface area contributed by atoms with E-state index in [0.717, 1.165) is 11.8 Å². The molecule has 24 heavy (non-hydrogen) atoms. The summed E-state index contributed by atoms with van der Waals surface area (Å²) in [6.45, 7) is 6.09. The van der Waals surface area contributed by atoms with E-state index in [4.69, 9.17) is 4.74 Å². The van der Waals surface area contributed by atoms with Crippen molar-refractivity contribution in [2.24, 2.45) is 0 Å². The Morgan fingerprint density at radius 3 is 2.62 bits per heavy atom. The monoisotopic (exact) mass is 339 g/mol. The standard InChI is InChI=1S/C17H20F3N3O/c1-4-8-24-15-14(17(18,19)20)10-21-16(23-15)22-13-7-5-6-12(9-13)11(2)3/h5-7,9-11H,4,8H2,1-3H3,(H,21,22,23).